The molecule has 19 heavy (non-hydrogen) atoms. The number of rotatable bonds is 2. The molecule has 0 amide bonds. The second-order valence-electron chi connectivity index (χ2n) is 6.36. The van der Waals surface area contributed by atoms with Gasteiger partial charge in [-0.05, 0) is 44.1 Å². The molecular formula is C16H25ClN2. The van der Waals surface area contributed by atoms with Crippen LogP contribution in [0.15, 0.2) is 18.2 Å². The summed E-state index contributed by atoms with van der Waals surface area (Å²) < 4.78 is 0. The van der Waals surface area contributed by atoms with Crippen molar-refractivity contribution in [3.8, 4) is 0 Å². The van der Waals surface area contributed by atoms with Crippen LogP contribution < -0.4 is 5.73 Å². The van der Waals surface area contributed by atoms with Gasteiger partial charge in [0.2, 0.25) is 0 Å². The van der Waals surface area contributed by atoms with Crippen LogP contribution in [0.25, 0.3) is 0 Å². The Balaban J connectivity index is 0.00000133. The third-order valence-electron chi connectivity index (χ3n) is 4.68. The smallest absolute Gasteiger partial charge is 0.0234 e. The van der Waals surface area contributed by atoms with Gasteiger partial charge in [0, 0.05) is 25.7 Å². The van der Waals surface area contributed by atoms with E-state index in [-0.39, 0.29) is 12.4 Å². The highest BCUT2D eigenvalue weighted by atomic mass is 35.5. The van der Waals surface area contributed by atoms with Crippen LogP contribution in [0.3, 0.4) is 0 Å². The summed E-state index contributed by atoms with van der Waals surface area (Å²) in [4.78, 5) is 2.60. The van der Waals surface area contributed by atoms with E-state index in [1.165, 1.54) is 42.6 Å². The van der Waals surface area contributed by atoms with Gasteiger partial charge in [0.1, 0.15) is 0 Å². The molecule has 2 aliphatic rings. The largest absolute Gasteiger partial charge is 0.327 e. The molecular weight excluding hydrogens is 256 g/mol. The normalized spacial score (nSPS) is 30.2. The second kappa shape index (κ2) is 5.82. The lowest BCUT2D eigenvalue weighted by atomic mass is 9.98. The molecule has 3 heteroatoms. The van der Waals surface area contributed by atoms with Gasteiger partial charge >= 0.3 is 0 Å². The zero-order valence-electron chi connectivity index (χ0n) is 11.9. The monoisotopic (exact) mass is 280 g/mol. The SMILES string of the molecule is Cc1cc(C)cc(CN2CC3CCC(N)C3C2)c1.Cl. The average molecular weight is 281 g/mol. The first-order valence-electron chi connectivity index (χ1n) is 7.17. The molecule has 3 rings (SSSR count). The average Bonchev–Trinajstić information content (AvgIpc) is 2.80. The van der Waals surface area contributed by atoms with E-state index in [0.29, 0.717) is 6.04 Å². The van der Waals surface area contributed by atoms with Crippen LogP contribution in [-0.2, 0) is 6.54 Å². The van der Waals surface area contributed by atoms with Crippen molar-refractivity contribution in [1.29, 1.82) is 0 Å². The van der Waals surface area contributed by atoms with Crippen molar-refractivity contribution in [3.05, 3.63) is 34.9 Å². The molecule has 1 saturated heterocycles. The summed E-state index contributed by atoms with van der Waals surface area (Å²) in [5, 5.41) is 0. The number of aryl methyl sites for hydroxylation is 2. The summed E-state index contributed by atoms with van der Waals surface area (Å²) in [6.45, 7) is 7.93. The first-order chi connectivity index (χ1) is 8.61. The molecule has 1 heterocycles. The fourth-order valence-corrected chi connectivity index (χ4v) is 3.95. The highest BCUT2D eigenvalue weighted by Gasteiger charge is 2.40. The number of hydrogen-bond donors (Lipinski definition) is 1. The highest BCUT2D eigenvalue weighted by molar-refractivity contribution is 5.85. The van der Waals surface area contributed by atoms with Crippen molar-refractivity contribution >= 4 is 12.4 Å². The number of nitrogens with zero attached hydrogens (tertiary/aromatic N) is 1. The Morgan fingerprint density at radius 3 is 2.42 bits per heavy atom. The minimum absolute atomic E-state index is 0. The minimum atomic E-state index is 0. The van der Waals surface area contributed by atoms with E-state index in [1.54, 1.807) is 0 Å². The number of benzene rings is 1. The molecule has 3 unspecified atom stereocenters. The topological polar surface area (TPSA) is 29.3 Å². The second-order valence-corrected chi connectivity index (χ2v) is 6.36. The Kier molecular flexibility index (Phi) is 4.54. The molecule has 1 saturated carbocycles. The first kappa shape index (κ1) is 14.8. The lowest BCUT2D eigenvalue weighted by Crippen LogP contribution is -2.30. The van der Waals surface area contributed by atoms with Crippen molar-refractivity contribution in [2.75, 3.05) is 13.1 Å². The van der Waals surface area contributed by atoms with Gasteiger partial charge in [0.25, 0.3) is 0 Å². The van der Waals surface area contributed by atoms with Crippen LogP contribution in [0, 0.1) is 25.7 Å². The lowest BCUT2D eigenvalue weighted by Gasteiger charge is -2.19. The Labute approximate surface area is 122 Å². The van der Waals surface area contributed by atoms with E-state index in [1.807, 2.05) is 0 Å². The number of nitrogens with two attached hydrogens (primary N) is 1. The number of fused-ring (bicyclic) bond motifs is 1. The van der Waals surface area contributed by atoms with Gasteiger partial charge in [-0.25, -0.2) is 0 Å². The fraction of sp³-hybridized carbons (Fsp3) is 0.625. The highest BCUT2D eigenvalue weighted by Crippen LogP contribution is 2.37. The maximum Gasteiger partial charge on any atom is 0.0234 e. The van der Waals surface area contributed by atoms with E-state index >= 15 is 0 Å². The summed E-state index contributed by atoms with van der Waals surface area (Å²) in [6.07, 6.45) is 2.59. The van der Waals surface area contributed by atoms with Gasteiger partial charge in [-0.15, -0.1) is 12.4 Å². The fourth-order valence-electron chi connectivity index (χ4n) is 3.95. The lowest BCUT2D eigenvalue weighted by molar-refractivity contribution is 0.298. The molecule has 0 aromatic heterocycles. The summed E-state index contributed by atoms with van der Waals surface area (Å²) >= 11 is 0. The third kappa shape index (κ3) is 3.13. The zero-order valence-corrected chi connectivity index (χ0v) is 12.7. The standard InChI is InChI=1S/C16H24N2.ClH/c1-11-5-12(2)7-13(6-11)8-18-9-14-3-4-16(17)15(14)10-18;/h5-7,14-16H,3-4,8-10,17H2,1-2H3;1H. The summed E-state index contributed by atoms with van der Waals surface area (Å²) in [5.41, 5.74) is 10.4. The molecule has 2 nitrogen and oxygen atoms in total. The Hall–Kier alpha value is -0.570. The van der Waals surface area contributed by atoms with Gasteiger partial charge in [-0.2, -0.15) is 0 Å². The number of halogens is 1. The molecule has 1 aliphatic heterocycles. The van der Waals surface area contributed by atoms with Gasteiger partial charge in [-0.3, -0.25) is 4.90 Å². The van der Waals surface area contributed by atoms with E-state index in [2.05, 4.69) is 36.9 Å². The quantitative estimate of drug-likeness (QED) is 0.903. The van der Waals surface area contributed by atoms with Crippen LogP contribution in [0.1, 0.15) is 29.5 Å². The third-order valence-corrected chi connectivity index (χ3v) is 4.68. The maximum atomic E-state index is 6.20. The molecule has 2 N–H and O–H groups in total. The molecule has 106 valence electrons. The molecule has 1 aromatic carbocycles. The Bertz CT molecular complexity index is 426. The Morgan fingerprint density at radius 2 is 1.79 bits per heavy atom. The van der Waals surface area contributed by atoms with Gasteiger partial charge in [-0.1, -0.05) is 29.3 Å². The van der Waals surface area contributed by atoms with E-state index in [9.17, 15) is 0 Å². The predicted octanol–water partition coefficient (Wildman–Crippen LogP) is 2.89. The summed E-state index contributed by atoms with van der Waals surface area (Å²) in [7, 11) is 0. The van der Waals surface area contributed by atoms with Crippen molar-refractivity contribution in [1.82, 2.24) is 4.90 Å². The Morgan fingerprint density at radius 1 is 1.11 bits per heavy atom. The van der Waals surface area contributed by atoms with Gasteiger partial charge < -0.3 is 5.73 Å². The van der Waals surface area contributed by atoms with Gasteiger partial charge in [0.05, 0.1) is 0 Å². The van der Waals surface area contributed by atoms with Crippen LogP contribution in [-0.4, -0.2) is 24.0 Å². The summed E-state index contributed by atoms with van der Waals surface area (Å²) in [6, 6.07) is 7.35. The van der Waals surface area contributed by atoms with Crippen LogP contribution in [0.2, 0.25) is 0 Å². The molecule has 0 spiro atoms. The molecule has 1 aromatic rings. The van der Waals surface area contributed by atoms with E-state index < -0.39 is 0 Å². The van der Waals surface area contributed by atoms with Crippen LogP contribution in [0.4, 0.5) is 0 Å². The maximum absolute atomic E-state index is 6.20. The molecule has 3 atom stereocenters. The van der Waals surface area contributed by atoms with Gasteiger partial charge in [0.15, 0.2) is 0 Å². The number of likely N-dealkylation sites (tertiary alicyclic amines) is 1. The van der Waals surface area contributed by atoms with Crippen molar-refractivity contribution < 1.29 is 0 Å². The summed E-state index contributed by atoms with van der Waals surface area (Å²) in [5.74, 6) is 1.63. The van der Waals surface area contributed by atoms with Crippen LogP contribution >= 0.6 is 12.4 Å². The number of hydrogen-bond acceptors (Lipinski definition) is 2. The minimum Gasteiger partial charge on any atom is -0.327 e. The molecule has 0 radical (unpaired) electrons. The van der Waals surface area contributed by atoms with Crippen molar-refractivity contribution in [3.63, 3.8) is 0 Å². The van der Waals surface area contributed by atoms with Crippen molar-refractivity contribution in [2.45, 2.75) is 39.3 Å². The van der Waals surface area contributed by atoms with E-state index in [0.717, 1.165) is 18.4 Å². The van der Waals surface area contributed by atoms with E-state index in [4.69, 9.17) is 5.73 Å². The predicted molar refractivity (Wildman–Crippen MR) is 82.6 cm³/mol. The first-order valence-corrected chi connectivity index (χ1v) is 7.17. The molecule has 1 aliphatic carbocycles. The van der Waals surface area contributed by atoms with Crippen LogP contribution in [0.5, 0.6) is 0 Å². The zero-order chi connectivity index (χ0) is 12.7. The van der Waals surface area contributed by atoms with Crippen molar-refractivity contribution in [2.24, 2.45) is 17.6 Å². The molecule has 2 fully saturated rings. The molecule has 0 bridgehead atoms.